The number of hydrogen-bond donors (Lipinski definition) is 0. The van der Waals surface area contributed by atoms with Crippen LogP contribution in [0.25, 0.3) is 11.1 Å². The molecule has 14 nitrogen and oxygen atoms in total. The van der Waals surface area contributed by atoms with Gasteiger partial charge < -0.3 is 19.1 Å². The summed E-state index contributed by atoms with van der Waals surface area (Å²) >= 11 is 0. The van der Waals surface area contributed by atoms with Crippen LogP contribution >= 0.6 is 0 Å². The van der Waals surface area contributed by atoms with E-state index >= 15 is 0 Å². The highest BCUT2D eigenvalue weighted by Gasteiger charge is 2.22. The Morgan fingerprint density at radius 1 is 0.900 bits per heavy atom. The number of carbonyl (C=O) groups is 2. The molecule has 0 spiro atoms. The molecule has 216 valence electrons. The molecule has 0 aliphatic heterocycles. The highest BCUT2D eigenvalue weighted by Crippen LogP contribution is 2.29. The molecule has 0 N–H and O–H groups in total. The van der Waals surface area contributed by atoms with Crippen molar-refractivity contribution >= 4 is 32.9 Å². The van der Waals surface area contributed by atoms with Gasteiger partial charge in [-0.25, -0.2) is 13.2 Å². The van der Waals surface area contributed by atoms with Gasteiger partial charge in [-0.05, 0) is 42.5 Å². The fraction of sp³-hybridized carbons (Fsp3) is 0.360. The van der Waals surface area contributed by atoms with Crippen molar-refractivity contribution in [1.29, 1.82) is 0 Å². The number of hydrogen-bond acceptors (Lipinski definition) is 12. The average molecular weight is 581 g/mol. The zero-order chi connectivity index (χ0) is 29.7. The van der Waals surface area contributed by atoms with Gasteiger partial charge in [-0.3, -0.25) is 4.79 Å². The van der Waals surface area contributed by atoms with E-state index in [1.165, 1.54) is 31.2 Å². The second-order valence-corrected chi connectivity index (χ2v) is 10.4. The molecule has 0 amide bonds. The zero-order valence-electron chi connectivity index (χ0n) is 21.7. The van der Waals surface area contributed by atoms with Crippen molar-refractivity contribution in [3.05, 3.63) is 86.0 Å². The zero-order valence-corrected chi connectivity index (χ0v) is 22.5. The van der Waals surface area contributed by atoms with Crippen LogP contribution < -0.4 is 0 Å². The molecule has 2 aromatic carbocycles. The molecular formula is C25H28N2O12S. The van der Waals surface area contributed by atoms with Gasteiger partial charge in [0, 0.05) is 18.8 Å². The maximum absolute atomic E-state index is 13.3. The summed E-state index contributed by atoms with van der Waals surface area (Å²) in [5, 5.41) is 18.8. The van der Waals surface area contributed by atoms with Crippen molar-refractivity contribution in [2.75, 3.05) is 26.1 Å². The highest BCUT2D eigenvalue weighted by atomic mass is 32.2. The minimum Gasteiger partial charge on any atom is -0.462 e. The van der Waals surface area contributed by atoms with Crippen molar-refractivity contribution in [2.24, 2.45) is 0 Å². The topological polar surface area (TPSA) is 191 Å². The molecule has 0 aliphatic rings. The number of sulfone groups is 1. The monoisotopic (exact) mass is 580 g/mol. The first-order valence-corrected chi connectivity index (χ1v) is 13.8. The standard InChI is InChI=1S/C25H28N2O12S/c1-18(28)37-17-23(19-11-13-22(14-12-19)40(2,34)35)24(20-8-4-3-5-9-20)25(29)36-15-7-6-10-21(39-27(32)33)16-38-26(30)31/h3-5,8-9,11-14,21H,6-7,10,15-17H2,1-2H3/t21-/m1/s1. The van der Waals surface area contributed by atoms with Crippen LogP contribution in [-0.2, 0) is 38.6 Å². The molecule has 0 heterocycles. The first-order valence-electron chi connectivity index (χ1n) is 11.9. The van der Waals surface area contributed by atoms with E-state index < -0.39 is 44.7 Å². The van der Waals surface area contributed by atoms with Gasteiger partial charge in [0.15, 0.2) is 9.84 Å². The molecule has 0 radical (unpaired) electrons. The number of rotatable bonds is 16. The Hall–Kier alpha value is -4.53. The number of nitrogens with zero attached hydrogens (tertiary/aromatic N) is 2. The number of benzene rings is 2. The minimum atomic E-state index is -3.48. The molecule has 40 heavy (non-hydrogen) atoms. The lowest BCUT2D eigenvalue weighted by molar-refractivity contribution is -0.790. The molecule has 0 aliphatic carbocycles. The number of ether oxygens (including phenoxy) is 2. The van der Waals surface area contributed by atoms with Crippen LogP contribution in [0.15, 0.2) is 59.5 Å². The van der Waals surface area contributed by atoms with Crippen LogP contribution in [0.1, 0.15) is 37.3 Å². The van der Waals surface area contributed by atoms with Crippen molar-refractivity contribution in [1.82, 2.24) is 0 Å². The summed E-state index contributed by atoms with van der Waals surface area (Å²) < 4.78 is 34.4. The SMILES string of the molecule is CC(=O)OCC(=C(C(=O)OCCCC[C@H](CO[N+](=O)[O-])O[N+](=O)[O-])c1ccccc1)c1ccc(S(C)(=O)=O)cc1. The maximum Gasteiger partial charge on any atom is 0.339 e. The summed E-state index contributed by atoms with van der Waals surface area (Å²) in [6.45, 7) is 0.164. The van der Waals surface area contributed by atoms with Crippen molar-refractivity contribution in [3.63, 3.8) is 0 Å². The Labute approximate surface area is 229 Å². The largest absolute Gasteiger partial charge is 0.462 e. The van der Waals surface area contributed by atoms with Crippen LogP contribution in [0.2, 0.25) is 0 Å². The van der Waals surface area contributed by atoms with E-state index in [9.17, 15) is 38.2 Å². The van der Waals surface area contributed by atoms with E-state index in [0.717, 1.165) is 6.26 Å². The van der Waals surface area contributed by atoms with Crippen LogP contribution in [-0.4, -0.2) is 62.7 Å². The second kappa shape index (κ2) is 15.2. The lowest BCUT2D eigenvalue weighted by atomic mass is 9.95. The van der Waals surface area contributed by atoms with E-state index in [2.05, 4.69) is 9.68 Å². The van der Waals surface area contributed by atoms with Gasteiger partial charge in [0.05, 0.1) is 17.1 Å². The third-order valence-electron chi connectivity index (χ3n) is 5.37. The van der Waals surface area contributed by atoms with Gasteiger partial charge in [-0.15, -0.1) is 20.2 Å². The Morgan fingerprint density at radius 2 is 1.55 bits per heavy atom. The number of unbranched alkanes of at least 4 members (excludes halogenated alkanes) is 1. The summed E-state index contributed by atoms with van der Waals surface area (Å²) in [6, 6.07) is 14.2. The van der Waals surface area contributed by atoms with Gasteiger partial charge in [0.1, 0.15) is 19.3 Å². The van der Waals surface area contributed by atoms with E-state index in [1.54, 1.807) is 30.3 Å². The second-order valence-electron chi connectivity index (χ2n) is 8.40. The highest BCUT2D eigenvalue weighted by molar-refractivity contribution is 7.90. The quantitative estimate of drug-likeness (QED) is 0.0705. The summed E-state index contributed by atoms with van der Waals surface area (Å²) in [5.41, 5.74) is 1.25. The molecule has 0 saturated carbocycles. The number of carbonyl (C=O) groups excluding carboxylic acids is 2. The molecule has 2 rings (SSSR count). The van der Waals surface area contributed by atoms with Crippen LogP contribution in [0, 0.1) is 20.2 Å². The Balaban J connectivity index is 2.27. The lowest BCUT2D eigenvalue weighted by Crippen LogP contribution is -2.24. The van der Waals surface area contributed by atoms with Gasteiger partial charge in [0.2, 0.25) is 0 Å². The smallest absolute Gasteiger partial charge is 0.339 e. The molecular weight excluding hydrogens is 552 g/mol. The Bertz CT molecular complexity index is 1330. The molecule has 0 bridgehead atoms. The minimum absolute atomic E-state index is 0.0259. The van der Waals surface area contributed by atoms with E-state index in [1.807, 2.05) is 0 Å². The van der Waals surface area contributed by atoms with Gasteiger partial charge >= 0.3 is 11.9 Å². The van der Waals surface area contributed by atoms with Crippen molar-refractivity contribution < 1.29 is 47.3 Å². The van der Waals surface area contributed by atoms with Crippen LogP contribution in [0.4, 0.5) is 0 Å². The fourth-order valence-electron chi connectivity index (χ4n) is 3.54. The third-order valence-corrected chi connectivity index (χ3v) is 6.50. The van der Waals surface area contributed by atoms with Gasteiger partial charge in [-0.1, -0.05) is 42.5 Å². The fourth-order valence-corrected chi connectivity index (χ4v) is 4.17. The third kappa shape index (κ3) is 10.7. The Kier molecular flexibility index (Phi) is 12.0. The summed E-state index contributed by atoms with van der Waals surface area (Å²) in [4.78, 5) is 54.5. The molecule has 0 fully saturated rings. The van der Waals surface area contributed by atoms with Crippen LogP contribution in [0.5, 0.6) is 0 Å². The molecule has 0 saturated heterocycles. The Morgan fingerprint density at radius 3 is 2.10 bits per heavy atom. The van der Waals surface area contributed by atoms with E-state index in [-0.39, 0.29) is 48.5 Å². The summed E-state index contributed by atoms with van der Waals surface area (Å²) in [7, 11) is -3.48. The molecule has 15 heteroatoms. The van der Waals surface area contributed by atoms with Crippen LogP contribution in [0.3, 0.4) is 0 Å². The molecule has 1 atom stereocenters. The molecule has 2 aromatic rings. The predicted molar refractivity (Wildman–Crippen MR) is 139 cm³/mol. The maximum atomic E-state index is 13.3. The molecule has 0 aromatic heterocycles. The van der Waals surface area contributed by atoms with E-state index in [0.29, 0.717) is 11.1 Å². The van der Waals surface area contributed by atoms with Gasteiger partial charge in [-0.2, -0.15) is 0 Å². The number of esters is 2. The van der Waals surface area contributed by atoms with Gasteiger partial charge in [0.25, 0.3) is 10.2 Å². The normalized spacial score (nSPS) is 12.4. The summed E-state index contributed by atoms with van der Waals surface area (Å²) in [5.74, 6) is -1.35. The summed E-state index contributed by atoms with van der Waals surface area (Å²) in [6.07, 6.45) is 0.404. The van der Waals surface area contributed by atoms with Crippen molar-refractivity contribution in [3.8, 4) is 0 Å². The predicted octanol–water partition coefficient (Wildman–Crippen LogP) is 3.06. The first kappa shape index (κ1) is 31.7. The van der Waals surface area contributed by atoms with Crippen molar-refractivity contribution in [2.45, 2.75) is 37.2 Å². The lowest BCUT2D eigenvalue weighted by Gasteiger charge is -2.17. The van der Waals surface area contributed by atoms with E-state index in [4.69, 9.17) is 9.47 Å². The average Bonchev–Trinajstić information content (AvgIpc) is 2.88. The molecule has 0 unspecified atom stereocenters. The first-order chi connectivity index (χ1) is 18.9.